The topological polar surface area (TPSA) is 66.4 Å². The lowest BCUT2D eigenvalue weighted by Crippen LogP contribution is -2.36. The molecule has 1 atom stereocenters. The fourth-order valence-electron chi connectivity index (χ4n) is 3.25. The van der Waals surface area contributed by atoms with Gasteiger partial charge in [0.2, 0.25) is 10.0 Å². The molecule has 1 aliphatic rings. The number of aliphatic hydroxyl groups is 1. The fourth-order valence-corrected chi connectivity index (χ4v) is 5.06. The van der Waals surface area contributed by atoms with Crippen LogP contribution in [0.1, 0.15) is 22.3 Å². The molecule has 2 aromatic rings. The zero-order chi connectivity index (χ0) is 20.5. The molecule has 0 heterocycles. The van der Waals surface area contributed by atoms with Gasteiger partial charge in [0.1, 0.15) is 0 Å². The van der Waals surface area contributed by atoms with E-state index in [9.17, 15) is 21.6 Å². The van der Waals surface area contributed by atoms with Crippen LogP contribution in [0, 0.1) is 0 Å². The van der Waals surface area contributed by atoms with Crippen LogP contribution >= 0.6 is 15.9 Å². The highest BCUT2D eigenvalue weighted by Gasteiger charge is 2.38. The number of hydrogen-bond donors (Lipinski definition) is 2. The molecule has 4 nitrogen and oxygen atoms in total. The van der Waals surface area contributed by atoms with Gasteiger partial charge in [0, 0.05) is 10.5 Å². The Labute approximate surface area is 169 Å². The van der Waals surface area contributed by atoms with Gasteiger partial charge < -0.3 is 5.11 Å². The van der Waals surface area contributed by atoms with Crippen LogP contribution in [-0.4, -0.2) is 26.2 Å². The minimum absolute atomic E-state index is 0.0890. The monoisotopic (exact) mass is 475 g/mol. The molecule has 1 unspecified atom stereocenters. The molecule has 0 aromatic heterocycles. The molecule has 9 heteroatoms. The van der Waals surface area contributed by atoms with E-state index in [1.165, 1.54) is 6.07 Å². The predicted octanol–water partition coefficient (Wildman–Crippen LogP) is 3.92. The first kappa shape index (κ1) is 21.0. The molecular weight excluding hydrogens is 459 g/mol. The van der Waals surface area contributed by atoms with Crippen molar-refractivity contribution in [2.24, 2.45) is 0 Å². The summed E-state index contributed by atoms with van der Waals surface area (Å²) in [4.78, 5) is -0.786. The van der Waals surface area contributed by atoms with Crippen LogP contribution in [0.25, 0.3) is 6.08 Å². The Morgan fingerprint density at radius 1 is 1.14 bits per heavy atom. The third kappa shape index (κ3) is 4.65. The number of aliphatic hydroxyl groups excluding tert-OH is 1. The minimum Gasteiger partial charge on any atom is -0.392 e. The Morgan fingerprint density at radius 2 is 1.86 bits per heavy atom. The largest absolute Gasteiger partial charge is 0.417 e. The average Bonchev–Trinajstić information content (AvgIpc) is 2.99. The van der Waals surface area contributed by atoms with Gasteiger partial charge in [-0.25, -0.2) is 13.1 Å². The van der Waals surface area contributed by atoms with E-state index in [0.29, 0.717) is 12.8 Å². The first-order chi connectivity index (χ1) is 13.1. The molecule has 0 saturated heterocycles. The average molecular weight is 476 g/mol. The molecule has 0 aliphatic heterocycles. The lowest BCUT2D eigenvalue weighted by atomic mass is 10.1. The fraction of sp³-hybridized carbons (Fsp3) is 0.263. The van der Waals surface area contributed by atoms with E-state index in [4.69, 9.17) is 5.11 Å². The smallest absolute Gasteiger partial charge is 0.392 e. The Morgan fingerprint density at radius 3 is 2.54 bits per heavy atom. The van der Waals surface area contributed by atoms with Gasteiger partial charge in [0.25, 0.3) is 0 Å². The van der Waals surface area contributed by atoms with E-state index in [2.05, 4.69) is 20.7 Å². The predicted molar refractivity (Wildman–Crippen MR) is 103 cm³/mol. The number of rotatable bonds is 5. The molecule has 0 amide bonds. The Hall–Kier alpha value is -1.68. The summed E-state index contributed by atoms with van der Waals surface area (Å²) >= 11 is 2.95. The normalized spacial score (nSPS) is 17.2. The maximum atomic E-state index is 13.3. The lowest BCUT2D eigenvalue weighted by molar-refractivity contribution is -0.139. The van der Waals surface area contributed by atoms with Crippen molar-refractivity contribution in [3.8, 4) is 0 Å². The van der Waals surface area contributed by atoms with Crippen molar-refractivity contribution in [2.75, 3.05) is 6.61 Å². The van der Waals surface area contributed by atoms with Gasteiger partial charge in [0.15, 0.2) is 0 Å². The molecule has 150 valence electrons. The van der Waals surface area contributed by atoms with Crippen LogP contribution in [-0.2, 0) is 29.0 Å². The maximum absolute atomic E-state index is 13.3. The summed E-state index contributed by atoms with van der Waals surface area (Å²) in [5.74, 6) is 0. The first-order valence-corrected chi connectivity index (χ1v) is 10.7. The maximum Gasteiger partial charge on any atom is 0.417 e. The third-order valence-electron chi connectivity index (χ3n) is 4.44. The van der Waals surface area contributed by atoms with Crippen LogP contribution in [0.3, 0.4) is 0 Å². The molecule has 2 aromatic carbocycles. The summed E-state index contributed by atoms with van der Waals surface area (Å²) in [7, 11) is -4.35. The summed E-state index contributed by atoms with van der Waals surface area (Å²) in [6, 6.07) is 8.05. The number of hydrogen-bond acceptors (Lipinski definition) is 3. The second kappa shape index (κ2) is 7.98. The highest BCUT2D eigenvalue weighted by molar-refractivity contribution is 9.10. The van der Waals surface area contributed by atoms with E-state index in [1.807, 2.05) is 18.2 Å². The van der Waals surface area contributed by atoms with Crippen LogP contribution in [0.5, 0.6) is 0 Å². The minimum atomic E-state index is -4.79. The van der Waals surface area contributed by atoms with Crippen LogP contribution in [0.4, 0.5) is 13.2 Å². The van der Waals surface area contributed by atoms with E-state index >= 15 is 0 Å². The third-order valence-corrected chi connectivity index (χ3v) is 6.51. The number of sulfonamides is 1. The molecule has 3 rings (SSSR count). The molecule has 0 saturated carbocycles. The van der Waals surface area contributed by atoms with Crippen molar-refractivity contribution in [2.45, 2.75) is 30.0 Å². The molecule has 1 aliphatic carbocycles. The van der Waals surface area contributed by atoms with E-state index < -0.39 is 32.7 Å². The standard InChI is InChI=1S/C19H17BrF3NO3S/c20-15-5-6-18(17(11-15)19(21,22)23)28(26,27)24-16-9-13-4-3-12(2-1-7-25)8-14(13)10-16/h1-6,8,11,16,24-25H,7,9-10H2. The van der Waals surface area contributed by atoms with Crippen molar-refractivity contribution in [3.63, 3.8) is 0 Å². The van der Waals surface area contributed by atoms with Crippen molar-refractivity contribution < 1.29 is 26.7 Å². The van der Waals surface area contributed by atoms with Gasteiger partial charge in [-0.05, 0) is 47.7 Å². The van der Waals surface area contributed by atoms with E-state index in [0.717, 1.165) is 28.8 Å². The Bertz CT molecular complexity index is 1020. The summed E-state index contributed by atoms with van der Waals surface area (Å²) in [6.45, 7) is -0.0890. The van der Waals surface area contributed by atoms with Crippen molar-refractivity contribution >= 4 is 32.0 Å². The first-order valence-electron chi connectivity index (χ1n) is 8.38. The highest BCUT2D eigenvalue weighted by Crippen LogP contribution is 2.36. The van der Waals surface area contributed by atoms with Crippen molar-refractivity contribution in [1.29, 1.82) is 0 Å². The van der Waals surface area contributed by atoms with Gasteiger partial charge >= 0.3 is 6.18 Å². The molecule has 28 heavy (non-hydrogen) atoms. The highest BCUT2D eigenvalue weighted by atomic mass is 79.9. The van der Waals surface area contributed by atoms with Crippen LogP contribution in [0.2, 0.25) is 0 Å². The van der Waals surface area contributed by atoms with Crippen molar-refractivity contribution in [3.05, 3.63) is 69.2 Å². The van der Waals surface area contributed by atoms with E-state index in [-0.39, 0.29) is 11.1 Å². The molecule has 0 fully saturated rings. The molecule has 0 radical (unpaired) electrons. The van der Waals surface area contributed by atoms with Gasteiger partial charge in [-0.3, -0.25) is 0 Å². The van der Waals surface area contributed by atoms with E-state index in [1.54, 1.807) is 12.2 Å². The lowest BCUT2D eigenvalue weighted by Gasteiger charge is -2.17. The summed E-state index contributed by atoms with van der Waals surface area (Å²) in [5.41, 5.74) is 1.53. The molecule has 0 bridgehead atoms. The quantitative estimate of drug-likeness (QED) is 0.688. The Kier molecular flexibility index (Phi) is 6.00. The van der Waals surface area contributed by atoms with Crippen LogP contribution < -0.4 is 4.72 Å². The second-order valence-electron chi connectivity index (χ2n) is 6.48. The number of alkyl halides is 3. The number of halogens is 4. The molecular formula is C19H17BrF3NO3S. The molecule has 2 N–H and O–H groups in total. The number of nitrogens with one attached hydrogen (secondary N) is 1. The zero-order valence-corrected chi connectivity index (χ0v) is 16.9. The summed E-state index contributed by atoms with van der Waals surface area (Å²) in [5, 5.41) is 8.85. The number of fused-ring (bicyclic) bond motifs is 1. The van der Waals surface area contributed by atoms with Gasteiger partial charge in [-0.15, -0.1) is 0 Å². The number of benzene rings is 2. The van der Waals surface area contributed by atoms with Crippen LogP contribution in [0.15, 0.2) is 51.8 Å². The second-order valence-corrected chi connectivity index (χ2v) is 9.08. The summed E-state index contributed by atoms with van der Waals surface area (Å²) in [6.07, 6.45) is -0.678. The SMILES string of the molecule is O=S(=O)(NC1Cc2ccc(C=CCO)cc2C1)c1ccc(Br)cc1C(F)(F)F. The molecule has 0 spiro atoms. The van der Waals surface area contributed by atoms with Gasteiger partial charge in [-0.1, -0.05) is 46.3 Å². The van der Waals surface area contributed by atoms with Gasteiger partial charge in [0.05, 0.1) is 17.1 Å². The summed E-state index contributed by atoms with van der Waals surface area (Å²) < 4.78 is 67.8. The Balaban J connectivity index is 1.84. The van der Waals surface area contributed by atoms with Gasteiger partial charge in [-0.2, -0.15) is 13.2 Å². The zero-order valence-electron chi connectivity index (χ0n) is 14.5. The van der Waals surface area contributed by atoms with Crippen molar-refractivity contribution in [1.82, 2.24) is 4.72 Å².